The molecule has 0 aromatic heterocycles. The van der Waals surface area contributed by atoms with Gasteiger partial charge in [-0.1, -0.05) is 0 Å². The van der Waals surface area contributed by atoms with E-state index in [4.69, 9.17) is 4.74 Å². The first-order valence-corrected chi connectivity index (χ1v) is 14.4. The lowest BCUT2D eigenvalue weighted by atomic mass is 9.76. The molecule has 4 saturated carbocycles. The first kappa shape index (κ1) is 34.7. The van der Waals surface area contributed by atoms with E-state index in [0.717, 1.165) is 6.92 Å². The zero-order chi connectivity index (χ0) is 32.4. The summed E-state index contributed by atoms with van der Waals surface area (Å²) in [6, 6.07) is 0. The fourth-order valence-corrected chi connectivity index (χ4v) is 7.31. The Morgan fingerprint density at radius 1 is 0.690 bits per heavy atom. The molecule has 4 aliphatic carbocycles. The highest BCUT2D eigenvalue weighted by atomic mass is 32.2. The van der Waals surface area contributed by atoms with E-state index in [9.17, 15) is 67.9 Å². The van der Waals surface area contributed by atoms with Crippen molar-refractivity contribution < 1.29 is 77.4 Å². The van der Waals surface area contributed by atoms with Gasteiger partial charge in [-0.2, -0.15) is 35.1 Å². The molecule has 0 aromatic rings. The summed E-state index contributed by atoms with van der Waals surface area (Å²) >= 11 is 0. The number of carbonyl (C=O) groups is 2. The van der Waals surface area contributed by atoms with Crippen molar-refractivity contribution in [1.82, 2.24) is 0 Å². The van der Waals surface area contributed by atoms with Gasteiger partial charge in [0.1, 0.15) is 12.2 Å². The molecule has 0 amide bonds. The van der Waals surface area contributed by atoms with Gasteiger partial charge in [0.05, 0.1) is 0 Å². The van der Waals surface area contributed by atoms with Crippen molar-refractivity contribution in [3.8, 4) is 0 Å². The lowest BCUT2D eigenvalue weighted by Gasteiger charge is -2.38. The summed E-state index contributed by atoms with van der Waals surface area (Å²) in [6.45, 7) is 2.77. The molecular weight excluding hydrogens is 616 g/mol. The summed E-state index contributed by atoms with van der Waals surface area (Å²) in [5, 5.41) is 14.2. The molecule has 4 rings (SSSR count). The number of alkyl halides is 8. The minimum atomic E-state index is -6.26. The van der Waals surface area contributed by atoms with Crippen LogP contribution in [0.4, 0.5) is 35.1 Å². The minimum Gasteiger partial charge on any atom is -0.743 e. The smallest absolute Gasteiger partial charge is 0.428 e. The van der Waals surface area contributed by atoms with E-state index in [1.54, 1.807) is 0 Å². The largest absolute Gasteiger partial charge is 0.743 e. The predicted octanol–water partition coefficient (Wildman–Crippen LogP) is 3.67. The molecule has 0 aromatic carbocycles. The number of aliphatic hydroxyl groups is 2. The molecule has 42 heavy (non-hydrogen) atoms. The Balaban J connectivity index is 0.000000240. The van der Waals surface area contributed by atoms with E-state index >= 15 is 0 Å². The van der Waals surface area contributed by atoms with Gasteiger partial charge < -0.3 is 24.2 Å². The lowest BCUT2D eigenvalue weighted by Crippen LogP contribution is -2.51. The molecular formula is C24H31F8O9S-. The maximum atomic E-state index is 13.1. The van der Waals surface area contributed by atoms with E-state index in [1.165, 1.54) is 6.92 Å². The molecule has 0 saturated heterocycles. The maximum absolute atomic E-state index is 13.1. The molecule has 4 aliphatic rings. The van der Waals surface area contributed by atoms with Crippen LogP contribution in [0.25, 0.3) is 0 Å². The molecule has 0 radical (unpaired) electrons. The number of fused-ring (bicyclic) bond motifs is 4. The summed E-state index contributed by atoms with van der Waals surface area (Å²) in [5.74, 6) is -6.59. The average molecular weight is 648 g/mol. The Labute approximate surface area is 235 Å². The van der Waals surface area contributed by atoms with Crippen molar-refractivity contribution in [2.24, 2.45) is 35.5 Å². The zero-order valence-electron chi connectivity index (χ0n) is 22.5. The van der Waals surface area contributed by atoms with Crippen molar-refractivity contribution >= 4 is 22.1 Å². The van der Waals surface area contributed by atoms with Crippen LogP contribution in [0.1, 0.15) is 59.3 Å². The zero-order valence-corrected chi connectivity index (χ0v) is 23.4. The molecule has 9 nitrogen and oxygen atoms in total. The monoisotopic (exact) mass is 647 g/mol. The molecule has 0 aliphatic heterocycles. The molecule has 4 bridgehead atoms. The number of carbonyl (C=O) groups excluding carboxylic acids is 2. The van der Waals surface area contributed by atoms with Crippen molar-refractivity contribution in [3.63, 3.8) is 0 Å². The Morgan fingerprint density at radius 2 is 1.05 bits per heavy atom. The average Bonchev–Trinajstić information content (AvgIpc) is 3.57. The van der Waals surface area contributed by atoms with E-state index in [2.05, 4.69) is 4.74 Å². The summed E-state index contributed by atoms with van der Waals surface area (Å²) in [6.07, 6.45) is -9.98. The number of esters is 2. The third kappa shape index (κ3) is 6.36. The van der Waals surface area contributed by atoms with Crippen LogP contribution in [0.3, 0.4) is 0 Å². The van der Waals surface area contributed by atoms with E-state index in [0.29, 0.717) is 19.8 Å². The molecule has 10 unspecified atom stereocenters. The van der Waals surface area contributed by atoms with Crippen molar-refractivity contribution in [1.29, 1.82) is 0 Å². The van der Waals surface area contributed by atoms with Crippen LogP contribution in [0.15, 0.2) is 0 Å². The van der Waals surface area contributed by atoms with Crippen LogP contribution >= 0.6 is 0 Å². The van der Waals surface area contributed by atoms with Gasteiger partial charge >= 0.3 is 29.5 Å². The first-order chi connectivity index (χ1) is 18.7. The molecule has 4 fully saturated rings. The second-order valence-electron chi connectivity index (χ2n) is 12.0. The summed E-state index contributed by atoms with van der Waals surface area (Å²) < 4.78 is 144. The molecule has 10 atom stereocenters. The van der Waals surface area contributed by atoms with Gasteiger partial charge in [0.25, 0.3) is 0 Å². The quantitative estimate of drug-likeness (QED) is 0.250. The van der Waals surface area contributed by atoms with Crippen molar-refractivity contribution in [2.75, 3.05) is 0 Å². The van der Waals surface area contributed by atoms with Gasteiger partial charge in [0.2, 0.25) is 0 Å². The topological polar surface area (TPSA) is 150 Å². The SMILES string of the molecule is CC(=O)OC1CC2CC1CC2C(C)(O)C(F)(F)F.CC(O)(C1CC2CC1CC2OC(=O)C(F)(F)S(=O)(=O)[O-])C(F)(F)F. The van der Waals surface area contributed by atoms with Crippen LogP contribution in [-0.2, 0) is 29.2 Å². The fraction of sp³-hybridized carbons (Fsp3) is 0.917. The summed E-state index contributed by atoms with van der Waals surface area (Å²) in [5.41, 5.74) is -5.61. The Hall–Kier alpha value is -1.79. The van der Waals surface area contributed by atoms with Gasteiger partial charge in [0.15, 0.2) is 21.3 Å². The minimum absolute atomic E-state index is 0.0438. The number of halogens is 8. The third-order valence-corrected chi connectivity index (χ3v) is 10.1. The van der Waals surface area contributed by atoms with Crippen LogP contribution in [0.5, 0.6) is 0 Å². The molecule has 0 spiro atoms. The predicted molar refractivity (Wildman–Crippen MR) is 122 cm³/mol. The van der Waals surface area contributed by atoms with Crippen LogP contribution in [0.2, 0.25) is 0 Å². The summed E-state index contributed by atoms with van der Waals surface area (Å²) in [7, 11) is -6.26. The van der Waals surface area contributed by atoms with Gasteiger partial charge in [-0.05, 0) is 87.9 Å². The highest BCUT2D eigenvalue weighted by Gasteiger charge is 2.64. The van der Waals surface area contributed by atoms with Crippen molar-refractivity contribution in [3.05, 3.63) is 0 Å². The Morgan fingerprint density at radius 3 is 1.31 bits per heavy atom. The lowest BCUT2D eigenvalue weighted by molar-refractivity contribution is -0.278. The van der Waals surface area contributed by atoms with E-state index < -0.39 is 80.6 Å². The highest BCUT2D eigenvalue weighted by molar-refractivity contribution is 7.87. The second kappa shape index (κ2) is 11.0. The molecule has 0 heterocycles. The van der Waals surface area contributed by atoms with Crippen LogP contribution < -0.4 is 0 Å². The van der Waals surface area contributed by atoms with E-state index in [-0.39, 0.29) is 43.6 Å². The normalized spacial score (nSPS) is 35.6. The second-order valence-corrected chi connectivity index (χ2v) is 13.4. The van der Waals surface area contributed by atoms with E-state index in [1.807, 2.05) is 0 Å². The standard InChI is InChI=1S/C12H15F5O6S.C12H17F3O3/c1-10(19,12(15,16)17)7-3-6-2-5(7)4-8(6)23-9(18)11(13,14)24(20,21)22;1-6(16)18-10-5-7-3-8(10)4-9(7)11(2,17)12(13,14)15/h5-8,19H,2-4H2,1H3,(H,20,21,22);7-10,17H,3-5H2,1-2H3/p-1. The van der Waals surface area contributed by atoms with Crippen LogP contribution in [0, 0.1) is 35.5 Å². The third-order valence-electron chi connectivity index (χ3n) is 9.30. The molecule has 18 heteroatoms. The molecule has 244 valence electrons. The first-order valence-electron chi connectivity index (χ1n) is 13.0. The van der Waals surface area contributed by atoms with Gasteiger partial charge in [-0.15, -0.1) is 0 Å². The number of ether oxygens (including phenoxy) is 2. The van der Waals surface area contributed by atoms with Gasteiger partial charge in [-0.25, -0.2) is 13.2 Å². The van der Waals surface area contributed by atoms with Crippen molar-refractivity contribution in [2.45, 2.75) is 100 Å². The highest BCUT2D eigenvalue weighted by Crippen LogP contribution is 2.57. The number of rotatable bonds is 6. The van der Waals surface area contributed by atoms with Gasteiger partial charge in [-0.3, -0.25) is 4.79 Å². The summed E-state index contributed by atoms with van der Waals surface area (Å²) in [4.78, 5) is 22.1. The molecule has 2 N–H and O–H groups in total. The number of hydrogen-bond acceptors (Lipinski definition) is 9. The van der Waals surface area contributed by atoms with Gasteiger partial charge in [0, 0.05) is 6.92 Å². The maximum Gasteiger partial charge on any atom is 0.428 e. The van der Waals surface area contributed by atoms with Crippen LogP contribution in [-0.4, -0.2) is 76.1 Å². The Kier molecular flexibility index (Phi) is 9.07. The fourth-order valence-electron chi connectivity index (χ4n) is 7.05. The number of hydrogen-bond donors (Lipinski definition) is 2. The Bertz CT molecular complexity index is 1150.